The number of halogens is 3. The summed E-state index contributed by atoms with van der Waals surface area (Å²) < 4.78 is 64.9. The van der Waals surface area contributed by atoms with Gasteiger partial charge < -0.3 is 10.6 Å². The molecule has 1 aliphatic heterocycles. The third-order valence-corrected chi connectivity index (χ3v) is 4.22. The molecule has 5 nitrogen and oxygen atoms in total. The Balaban J connectivity index is 2.36. The van der Waals surface area contributed by atoms with Gasteiger partial charge in [-0.1, -0.05) is 12.1 Å². The van der Waals surface area contributed by atoms with Crippen molar-refractivity contribution < 1.29 is 21.6 Å². The summed E-state index contributed by atoms with van der Waals surface area (Å²) in [5, 5.41) is 0. The standard InChI is InChI=1S/C11H12F3N3O2S/c12-11(13,14)8(5-15)6-17-7-16-20(18,19)10-4-2-1-3-9(10)17/h1-4,7-8H,5-6,15H2. The molecule has 0 aliphatic carbocycles. The lowest BCUT2D eigenvalue weighted by Crippen LogP contribution is -2.41. The van der Waals surface area contributed by atoms with Crippen LogP contribution in [0.3, 0.4) is 0 Å². The highest BCUT2D eigenvalue weighted by Crippen LogP contribution is 2.32. The van der Waals surface area contributed by atoms with Crippen molar-refractivity contribution in [1.29, 1.82) is 0 Å². The van der Waals surface area contributed by atoms with Gasteiger partial charge in [0.05, 0.1) is 11.6 Å². The fourth-order valence-electron chi connectivity index (χ4n) is 1.85. The topological polar surface area (TPSA) is 75.8 Å². The van der Waals surface area contributed by atoms with Gasteiger partial charge >= 0.3 is 6.18 Å². The van der Waals surface area contributed by atoms with Gasteiger partial charge in [-0.05, 0) is 12.1 Å². The number of benzene rings is 1. The molecule has 9 heteroatoms. The van der Waals surface area contributed by atoms with Crippen LogP contribution in [0.25, 0.3) is 0 Å². The van der Waals surface area contributed by atoms with Crippen LogP contribution in [-0.2, 0) is 10.0 Å². The van der Waals surface area contributed by atoms with Gasteiger partial charge in [-0.3, -0.25) is 0 Å². The highest BCUT2D eigenvalue weighted by molar-refractivity contribution is 7.90. The van der Waals surface area contributed by atoms with Crippen molar-refractivity contribution in [2.24, 2.45) is 16.0 Å². The number of sulfonamides is 1. The fourth-order valence-corrected chi connectivity index (χ4v) is 2.90. The summed E-state index contributed by atoms with van der Waals surface area (Å²) in [6.07, 6.45) is -3.56. The molecule has 0 bridgehead atoms. The fraction of sp³-hybridized carbons (Fsp3) is 0.364. The van der Waals surface area contributed by atoms with Crippen LogP contribution in [0.5, 0.6) is 0 Å². The Morgan fingerprint density at radius 3 is 2.55 bits per heavy atom. The van der Waals surface area contributed by atoms with Crippen LogP contribution in [0.15, 0.2) is 33.6 Å². The number of nitrogens with zero attached hydrogens (tertiary/aromatic N) is 2. The van der Waals surface area contributed by atoms with Gasteiger partial charge in [0.1, 0.15) is 11.2 Å². The minimum atomic E-state index is -4.45. The molecule has 0 radical (unpaired) electrons. The first-order valence-electron chi connectivity index (χ1n) is 5.68. The van der Waals surface area contributed by atoms with Crippen LogP contribution < -0.4 is 10.6 Å². The van der Waals surface area contributed by atoms with Gasteiger partial charge in [-0.2, -0.15) is 21.6 Å². The maximum Gasteiger partial charge on any atom is 0.394 e. The molecule has 110 valence electrons. The van der Waals surface area contributed by atoms with Gasteiger partial charge in [0, 0.05) is 13.1 Å². The van der Waals surface area contributed by atoms with Crippen LogP contribution in [0, 0.1) is 5.92 Å². The first-order valence-corrected chi connectivity index (χ1v) is 7.12. The molecule has 2 N–H and O–H groups in total. The molecule has 0 aromatic heterocycles. The van der Waals surface area contributed by atoms with E-state index in [0.29, 0.717) is 0 Å². The second-order valence-corrected chi connectivity index (χ2v) is 5.89. The second kappa shape index (κ2) is 5.06. The molecular weight excluding hydrogens is 295 g/mol. The van der Waals surface area contributed by atoms with Crippen molar-refractivity contribution >= 4 is 22.0 Å². The zero-order chi connectivity index (χ0) is 15.0. The van der Waals surface area contributed by atoms with Crippen molar-refractivity contribution in [3.8, 4) is 0 Å². The minimum Gasteiger partial charge on any atom is -0.330 e. The number of nitrogens with two attached hydrogens (primary N) is 1. The number of hydrogen-bond donors (Lipinski definition) is 1. The van der Waals surface area contributed by atoms with E-state index < -0.39 is 35.2 Å². The maximum atomic E-state index is 12.7. The van der Waals surface area contributed by atoms with E-state index >= 15 is 0 Å². The molecule has 20 heavy (non-hydrogen) atoms. The molecule has 1 aliphatic rings. The Morgan fingerprint density at radius 2 is 1.95 bits per heavy atom. The van der Waals surface area contributed by atoms with Crippen LogP contribution in [0.2, 0.25) is 0 Å². The molecular formula is C11H12F3N3O2S. The Kier molecular flexibility index (Phi) is 3.74. The van der Waals surface area contributed by atoms with Gasteiger partial charge in [-0.15, -0.1) is 4.40 Å². The second-order valence-electron chi connectivity index (χ2n) is 4.29. The number of para-hydroxylation sites is 1. The van der Waals surface area contributed by atoms with Crippen molar-refractivity contribution in [1.82, 2.24) is 0 Å². The first-order chi connectivity index (χ1) is 9.25. The van der Waals surface area contributed by atoms with E-state index in [2.05, 4.69) is 4.40 Å². The molecule has 1 aromatic carbocycles. The van der Waals surface area contributed by atoms with E-state index in [1.54, 1.807) is 6.07 Å². The SMILES string of the molecule is NCC(CN1C=NS(=O)(=O)c2ccccc21)C(F)(F)F. The van der Waals surface area contributed by atoms with Gasteiger partial charge in [0.25, 0.3) is 10.0 Å². The van der Waals surface area contributed by atoms with Crippen molar-refractivity contribution in [2.45, 2.75) is 11.1 Å². The molecule has 0 amide bonds. The smallest absolute Gasteiger partial charge is 0.330 e. The van der Waals surface area contributed by atoms with E-state index in [9.17, 15) is 21.6 Å². The normalized spacial score (nSPS) is 18.7. The molecule has 1 atom stereocenters. The lowest BCUT2D eigenvalue weighted by Gasteiger charge is -2.29. The number of alkyl halides is 3. The summed E-state index contributed by atoms with van der Waals surface area (Å²) in [4.78, 5) is 1.04. The van der Waals surface area contributed by atoms with Crippen molar-refractivity contribution in [2.75, 3.05) is 18.0 Å². The zero-order valence-electron chi connectivity index (χ0n) is 10.2. The largest absolute Gasteiger partial charge is 0.394 e. The van der Waals surface area contributed by atoms with E-state index in [1.165, 1.54) is 18.2 Å². The van der Waals surface area contributed by atoms with E-state index in [1.807, 2.05) is 0 Å². The summed E-state index contributed by atoms with van der Waals surface area (Å²) >= 11 is 0. The number of fused-ring (bicyclic) bond motifs is 1. The number of rotatable bonds is 3. The van der Waals surface area contributed by atoms with E-state index in [0.717, 1.165) is 11.2 Å². The first kappa shape index (κ1) is 14.8. The lowest BCUT2D eigenvalue weighted by atomic mass is 10.1. The van der Waals surface area contributed by atoms with Crippen LogP contribution >= 0.6 is 0 Å². The zero-order valence-corrected chi connectivity index (χ0v) is 11.0. The molecule has 0 saturated heterocycles. The summed E-state index contributed by atoms with van der Waals surface area (Å²) in [5.41, 5.74) is 5.31. The summed E-state index contributed by atoms with van der Waals surface area (Å²) in [6.45, 7) is -1.06. The predicted octanol–water partition coefficient (Wildman–Crippen LogP) is 1.36. The summed E-state index contributed by atoms with van der Waals surface area (Å²) in [7, 11) is -3.84. The lowest BCUT2D eigenvalue weighted by molar-refractivity contribution is -0.168. The predicted molar refractivity (Wildman–Crippen MR) is 68.1 cm³/mol. The summed E-state index contributed by atoms with van der Waals surface area (Å²) in [6, 6.07) is 5.77. The molecule has 0 saturated carbocycles. The maximum absolute atomic E-state index is 12.7. The average Bonchev–Trinajstić information content (AvgIpc) is 2.37. The molecule has 1 aromatic rings. The Labute approximate surface area is 114 Å². The average molecular weight is 307 g/mol. The number of anilines is 1. The van der Waals surface area contributed by atoms with Crippen molar-refractivity contribution in [3.63, 3.8) is 0 Å². The van der Waals surface area contributed by atoms with Crippen LogP contribution in [-0.4, -0.2) is 34.0 Å². The highest BCUT2D eigenvalue weighted by Gasteiger charge is 2.40. The molecule has 1 unspecified atom stereocenters. The monoisotopic (exact) mass is 307 g/mol. The molecule has 0 spiro atoms. The third kappa shape index (κ3) is 2.78. The van der Waals surface area contributed by atoms with Gasteiger partial charge in [-0.25, -0.2) is 0 Å². The van der Waals surface area contributed by atoms with Gasteiger partial charge in [0.2, 0.25) is 0 Å². The number of hydrogen-bond acceptors (Lipinski definition) is 4. The van der Waals surface area contributed by atoms with E-state index in [4.69, 9.17) is 5.73 Å². The molecule has 1 heterocycles. The molecule has 0 fully saturated rings. The van der Waals surface area contributed by atoms with Crippen molar-refractivity contribution in [3.05, 3.63) is 24.3 Å². The highest BCUT2D eigenvalue weighted by atomic mass is 32.2. The van der Waals surface area contributed by atoms with Crippen LogP contribution in [0.1, 0.15) is 0 Å². The Hall–Kier alpha value is -1.61. The minimum absolute atomic E-state index is 0.111. The Bertz CT molecular complexity index is 628. The van der Waals surface area contributed by atoms with Crippen LogP contribution in [0.4, 0.5) is 18.9 Å². The third-order valence-electron chi connectivity index (χ3n) is 2.94. The van der Waals surface area contributed by atoms with E-state index in [-0.39, 0.29) is 10.6 Å². The van der Waals surface area contributed by atoms with Gasteiger partial charge in [0.15, 0.2) is 0 Å². The summed E-state index contributed by atoms with van der Waals surface area (Å²) in [5.74, 6) is -1.76. The Morgan fingerprint density at radius 1 is 1.30 bits per heavy atom. The molecule has 2 rings (SSSR count). The quantitative estimate of drug-likeness (QED) is 0.915.